The third kappa shape index (κ3) is 3.48. The zero-order chi connectivity index (χ0) is 12.3. The number of aromatic nitrogens is 1. The molecule has 0 aliphatic carbocycles. The second kappa shape index (κ2) is 5.44. The third-order valence-corrected chi connectivity index (χ3v) is 4.15. The molecule has 2 rings (SSSR count). The van der Waals surface area contributed by atoms with Crippen LogP contribution in [0.4, 0.5) is 0 Å². The van der Waals surface area contributed by atoms with Crippen LogP contribution in [-0.2, 0) is 4.74 Å². The van der Waals surface area contributed by atoms with Crippen LogP contribution in [0.25, 0.3) is 0 Å². The molecule has 96 valence electrons. The molecule has 0 amide bonds. The van der Waals surface area contributed by atoms with Gasteiger partial charge in [0.25, 0.3) is 0 Å². The molecule has 0 bridgehead atoms. The summed E-state index contributed by atoms with van der Waals surface area (Å²) in [5.41, 5.74) is 1.16. The van der Waals surface area contributed by atoms with E-state index in [2.05, 4.69) is 34.8 Å². The van der Waals surface area contributed by atoms with Gasteiger partial charge in [-0.2, -0.15) is 0 Å². The SMILES string of the molecule is Cc1csc(C(C)NCCOC2(C)CNC2)n1. The molecule has 0 aromatic carbocycles. The summed E-state index contributed by atoms with van der Waals surface area (Å²) in [5.74, 6) is 0. The van der Waals surface area contributed by atoms with E-state index < -0.39 is 0 Å². The van der Waals surface area contributed by atoms with E-state index in [0.717, 1.165) is 36.9 Å². The van der Waals surface area contributed by atoms with Crippen molar-refractivity contribution in [2.75, 3.05) is 26.2 Å². The van der Waals surface area contributed by atoms with Gasteiger partial charge in [-0.25, -0.2) is 4.98 Å². The molecule has 0 saturated carbocycles. The first-order valence-electron chi connectivity index (χ1n) is 6.09. The molecule has 4 nitrogen and oxygen atoms in total. The lowest BCUT2D eigenvalue weighted by atomic mass is 10.0. The summed E-state index contributed by atoms with van der Waals surface area (Å²) in [6, 6.07) is 0.310. The number of aryl methyl sites for hydroxylation is 1. The van der Waals surface area contributed by atoms with Gasteiger partial charge in [0.05, 0.1) is 18.2 Å². The van der Waals surface area contributed by atoms with Crippen molar-refractivity contribution < 1.29 is 4.74 Å². The van der Waals surface area contributed by atoms with E-state index in [1.165, 1.54) is 0 Å². The van der Waals surface area contributed by atoms with E-state index >= 15 is 0 Å². The molecule has 1 aliphatic heterocycles. The summed E-state index contributed by atoms with van der Waals surface area (Å²) in [6.45, 7) is 9.88. The maximum atomic E-state index is 5.81. The van der Waals surface area contributed by atoms with Crippen molar-refractivity contribution in [2.45, 2.75) is 32.4 Å². The Labute approximate surface area is 107 Å². The Hall–Kier alpha value is -0.490. The fraction of sp³-hybridized carbons (Fsp3) is 0.750. The van der Waals surface area contributed by atoms with Crippen LogP contribution < -0.4 is 10.6 Å². The van der Waals surface area contributed by atoms with Gasteiger partial charge in [0.1, 0.15) is 5.01 Å². The smallest absolute Gasteiger partial charge is 0.110 e. The van der Waals surface area contributed by atoms with Crippen molar-refractivity contribution in [3.8, 4) is 0 Å². The minimum atomic E-state index is 0.0582. The number of nitrogens with one attached hydrogen (secondary N) is 2. The maximum absolute atomic E-state index is 5.81. The topological polar surface area (TPSA) is 46.2 Å². The number of rotatable bonds is 6. The molecule has 2 heterocycles. The molecule has 0 radical (unpaired) electrons. The molecular weight excluding hydrogens is 234 g/mol. The molecule has 1 aliphatic rings. The summed E-state index contributed by atoms with van der Waals surface area (Å²) in [4.78, 5) is 4.47. The highest BCUT2D eigenvalue weighted by molar-refractivity contribution is 7.09. The predicted octanol–water partition coefficient (Wildman–Crippen LogP) is 1.48. The molecule has 1 aromatic heterocycles. The van der Waals surface area contributed by atoms with Gasteiger partial charge in [-0.1, -0.05) is 0 Å². The lowest BCUT2D eigenvalue weighted by molar-refractivity contribution is -0.0652. The van der Waals surface area contributed by atoms with Crippen molar-refractivity contribution in [1.29, 1.82) is 0 Å². The van der Waals surface area contributed by atoms with Gasteiger partial charge in [-0.3, -0.25) is 0 Å². The van der Waals surface area contributed by atoms with Crippen molar-refractivity contribution in [3.05, 3.63) is 16.1 Å². The van der Waals surface area contributed by atoms with Gasteiger partial charge in [0.15, 0.2) is 0 Å². The van der Waals surface area contributed by atoms with Gasteiger partial charge in [0.2, 0.25) is 0 Å². The van der Waals surface area contributed by atoms with Crippen molar-refractivity contribution in [2.24, 2.45) is 0 Å². The predicted molar refractivity (Wildman–Crippen MR) is 70.5 cm³/mol. The number of hydrogen-bond acceptors (Lipinski definition) is 5. The molecule has 17 heavy (non-hydrogen) atoms. The molecule has 5 heteroatoms. The Kier molecular flexibility index (Phi) is 4.14. The Morgan fingerprint density at radius 3 is 2.94 bits per heavy atom. The largest absolute Gasteiger partial charge is 0.371 e. The molecule has 2 N–H and O–H groups in total. The molecule has 1 fully saturated rings. The number of hydrogen-bond donors (Lipinski definition) is 2. The average molecular weight is 255 g/mol. The summed E-state index contributed by atoms with van der Waals surface area (Å²) >= 11 is 1.71. The molecule has 0 spiro atoms. The van der Waals surface area contributed by atoms with Gasteiger partial charge in [0, 0.05) is 30.7 Å². The van der Waals surface area contributed by atoms with Crippen LogP contribution in [0.15, 0.2) is 5.38 Å². The zero-order valence-electron chi connectivity index (χ0n) is 10.7. The van der Waals surface area contributed by atoms with Crippen LogP contribution in [0, 0.1) is 6.92 Å². The Morgan fingerprint density at radius 2 is 2.41 bits per heavy atom. The first-order chi connectivity index (χ1) is 8.09. The van der Waals surface area contributed by atoms with Gasteiger partial charge < -0.3 is 15.4 Å². The van der Waals surface area contributed by atoms with E-state index in [1.54, 1.807) is 11.3 Å². The summed E-state index contributed by atoms with van der Waals surface area (Å²) in [6.07, 6.45) is 0. The normalized spacial score (nSPS) is 19.9. The van der Waals surface area contributed by atoms with E-state index in [9.17, 15) is 0 Å². The molecular formula is C12H21N3OS. The Bertz CT molecular complexity index is 362. The lowest BCUT2D eigenvalue weighted by Gasteiger charge is -2.39. The maximum Gasteiger partial charge on any atom is 0.110 e. The van der Waals surface area contributed by atoms with Crippen LogP contribution in [0.3, 0.4) is 0 Å². The Morgan fingerprint density at radius 1 is 1.65 bits per heavy atom. The number of nitrogens with zero attached hydrogens (tertiary/aromatic N) is 1. The van der Waals surface area contributed by atoms with Crippen molar-refractivity contribution in [3.63, 3.8) is 0 Å². The third-order valence-electron chi connectivity index (χ3n) is 3.01. The molecule has 1 saturated heterocycles. The standard InChI is InChI=1S/C12H21N3OS/c1-9-6-17-11(15-9)10(2)14-4-5-16-12(3)7-13-8-12/h6,10,13-14H,4-5,7-8H2,1-3H3. The monoisotopic (exact) mass is 255 g/mol. The van der Waals surface area contributed by atoms with E-state index in [0.29, 0.717) is 6.04 Å². The molecule has 1 atom stereocenters. The first-order valence-corrected chi connectivity index (χ1v) is 6.97. The fourth-order valence-electron chi connectivity index (χ4n) is 1.81. The number of ether oxygens (including phenoxy) is 1. The highest BCUT2D eigenvalue weighted by atomic mass is 32.1. The zero-order valence-corrected chi connectivity index (χ0v) is 11.6. The average Bonchev–Trinajstić information content (AvgIpc) is 2.68. The highest BCUT2D eigenvalue weighted by Gasteiger charge is 2.32. The van der Waals surface area contributed by atoms with Crippen LogP contribution in [0.2, 0.25) is 0 Å². The van der Waals surface area contributed by atoms with E-state index in [-0.39, 0.29) is 5.60 Å². The van der Waals surface area contributed by atoms with Crippen LogP contribution in [-0.4, -0.2) is 36.8 Å². The quantitative estimate of drug-likeness (QED) is 0.756. The molecule has 1 aromatic rings. The molecule has 1 unspecified atom stereocenters. The second-order valence-electron chi connectivity index (χ2n) is 4.90. The highest BCUT2D eigenvalue weighted by Crippen LogP contribution is 2.17. The van der Waals surface area contributed by atoms with Gasteiger partial charge in [-0.05, 0) is 20.8 Å². The minimum absolute atomic E-state index is 0.0582. The summed E-state index contributed by atoms with van der Waals surface area (Å²) in [5, 5.41) is 9.90. The lowest BCUT2D eigenvalue weighted by Crippen LogP contribution is -2.59. The van der Waals surface area contributed by atoms with Crippen LogP contribution in [0.1, 0.15) is 30.6 Å². The van der Waals surface area contributed by atoms with Gasteiger partial charge in [-0.15, -0.1) is 11.3 Å². The van der Waals surface area contributed by atoms with E-state index in [1.807, 2.05) is 6.92 Å². The van der Waals surface area contributed by atoms with Crippen LogP contribution >= 0.6 is 11.3 Å². The van der Waals surface area contributed by atoms with E-state index in [4.69, 9.17) is 4.74 Å². The Balaban J connectivity index is 1.64. The minimum Gasteiger partial charge on any atom is -0.371 e. The van der Waals surface area contributed by atoms with Crippen LogP contribution in [0.5, 0.6) is 0 Å². The fourth-order valence-corrected chi connectivity index (χ4v) is 2.64. The first kappa shape index (κ1) is 13.0. The van der Waals surface area contributed by atoms with Crippen molar-refractivity contribution >= 4 is 11.3 Å². The van der Waals surface area contributed by atoms with Crippen molar-refractivity contribution in [1.82, 2.24) is 15.6 Å². The second-order valence-corrected chi connectivity index (χ2v) is 5.79. The summed E-state index contributed by atoms with van der Waals surface area (Å²) in [7, 11) is 0. The number of thiazole rings is 1. The van der Waals surface area contributed by atoms with Gasteiger partial charge >= 0.3 is 0 Å². The summed E-state index contributed by atoms with van der Waals surface area (Å²) < 4.78 is 5.81.